The van der Waals surface area contributed by atoms with Crippen molar-refractivity contribution in [3.8, 4) is 0 Å². The molecular weight excluding hydrogens is 312 g/mol. The molecule has 23 heavy (non-hydrogen) atoms. The number of carbonyl (C=O) groups is 2. The van der Waals surface area contributed by atoms with E-state index in [4.69, 9.17) is 4.74 Å². The molecule has 1 aliphatic carbocycles. The molecule has 2 heterocycles. The van der Waals surface area contributed by atoms with Crippen molar-refractivity contribution in [2.75, 3.05) is 12.4 Å². The zero-order chi connectivity index (χ0) is 16.2. The molecule has 0 fully saturated rings. The Hall–Kier alpha value is -2.21. The van der Waals surface area contributed by atoms with Crippen LogP contribution in [0.4, 0.5) is 5.00 Å². The van der Waals surface area contributed by atoms with Gasteiger partial charge in [0.1, 0.15) is 5.00 Å². The van der Waals surface area contributed by atoms with Crippen LogP contribution in [0.1, 0.15) is 50.4 Å². The summed E-state index contributed by atoms with van der Waals surface area (Å²) in [6.45, 7) is 0. The van der Waals surface area contributed by atoms with Crippen LogP contribution >= 0.6 is 11.3 Å². The van der Waals surface area contributed by atoms with Crippen LogP contribution in [-0.4, -0.2) is 24.0 Å². The molecule has 1 aliphatic rings. The molecule has 3 rings (SSSR count). The van der Waals surface area contributed by atoms with Gasteiger partial charge in [-0.2, -0.15) is 0 Å². The number of fused-ring (bicyclic) bond motifs is 1. The molecule has 0 unspecified atom stereocenters. The Balaban J connectivity index is 1.95. The van der Waals surface area contributed by atoms with E-state index in [1.54, 1.807) is 18.3 Å². The lowest BCUT2D eigenvalue weighted by Gasteiger charge is -2.07. The number of carbonyl (C=O) groups excluding carboxylic acids is 2. The summed E-state index contributed by atoms with van der Waals surface area (Å²) in [5.41, 5.74) is 2.03. The van der Waals surface area contributed by atoms with Crippen molar-refractivity contribution in [3.05, 3.63) is 46.1 Å². The average Bonchev–Trinajstić information content (AvgIpc) is 2.76. The zero-order valence-corrected chi connectivity index (χ0v) is 13.7. The number of pyridine rings is 1. The number of nitrogens with one attached hydrogen (secondary N) is 1. The van der Waals surface area contributed by atoms with Crippen molar-refractivity contribution >= 4 is 28.2 Å². The maximum atomic E-state index is 12.4. The second-order valence-corrected chi connectivity index (χ2v) is 6.56. The lowest BCUT2D eigenvalue weighted by Crippen LogP contribution is -2.14. The molecule has 120 valence electrons. The number of anilines is 1. The minimum atomic E-state index is -0.383. The molecule has 6 heteroatoms. The molecule has 0 aliphatic heterocycles. The number of ether oxygens (including phenoxy) is 1. The fraction of sp³-hybridized carbons (Fsp3) is 0.353. The van der Waals surface area contributed by atoms with Crippen LogP contribution < -0.4 is 5.32 Å². The molecule has 0 saturated heterocycles. The quantitative estimate of drug-likeness (QED) is 0.691. The van der Waals surface area contributed by atoms with Crippen LogP contribution in [0.3, 0.4) is 0 Å². The van der Waals surface area contributed by atoms with Crippen LogP contribution in [0.15, 0.2) is 24.5 Å². The first kappa shape index (κ1) is 15.7. The Morgan fingerprint density at radius 3 is 2.83 bits per heavy atom. The Labute approximate surface area is 138 Å². The summed E-state index contributed by atoms with van der Waals surface area (Å²) < 4.78 is 4.93. The molecule has 0 bridgehead atoms. The summed E-state index contributed by atoms with van der Waals surface area (Å²) in [6, 6.07) is 3.40. The third kappa shape index (κ3) is 3.27. The molecule has 0 spiro atoms. The van der Waals surface area contributed by atoms with Gasteiger partial charge in [-0.1, -0.05) is 6.42 Å². The number of esters is 1. The van der Waals surface area contributed by atoms with E-state index in [0.29, 0.717) is 16.1 Å². The van der Waals surface area contributed by atoms with Crippen molar-refractivity contribution in [3.63, 3.8) is 0 Å². The van der Waals surface area contributed by atoms with Gasteiger partial charge in [0, 0.05) is 17.3 Å². The summed E-state index contributed by atoms with van der Waals surface area (Å²) in [5.74, 6) is -0.648. The Bertz CT molecular complexity index is 725. The van der Waals surface area contributed by atoms with Gasteiger partial charge in [0.25, 0.3) is 5.91 Å². The molecule has 0 aromatic carbocycles. The van der Waals surface area contributed by atoms with E-state index in [9.17, 15) is 9.59 Å². The lowest BCUT2D eigenvalue weighted by atomic mass is 10.1. The van der Waals surface area contributed by atoms with E-state index in [-0.39, 0.29) is 11.9 Å². The molecule has 0 saturated carbocycles. The molecule has 0 atom stereocenters. The maximum Gasteiger partial charge on any atom is 0.341 e. The predicted molar refractivity (Wildman–Crippen MR) is 89.1 cm³/mol. The van der Waals surface area contributed by atoms with Gasteiger partial charge in [-0.3, -0.25) is 9.78 Å². The van der Waals surface area contributed by atoms with Gasteiger partial charge >= 0.3 is 5.97 Å². The van der Waals surface area contributed by atoms with E-state index in [1.807, 2.05) is 0 Å². The van der Waals surface area contributed by atoms with Gasteiger partial charge in [0.2, 0.25) is 0 Å². The van der Waals surface area contributed by atoms with Gasteiger partial charge in [0.05, 0.1) is 18.2 Å². The normalized spacial score (nSPS) is 13.8. The molecule has 1 N–H and O–H groups in total. The first-order valence-electron chi connectivity index (χ1n) is 7.65. The summed E-state index contributed by atoms with van der Waals surface area (Å²) in [4.78, 5) is 29.7. The highest BCUT2D eigenvalue weighted by molar-refractivity contribution is 7.17. The van der Waals surface area contributed by atoms with Gasteiger partial charge in [-0.05, 0) is 43.4 Å². The highest BCUT2D eigenvalue weighted by atomic mass is 32.1. The summed E-state index contributed by atoms with van der Waals surface area (Å²) >= 11 is 1.49. The number of amides is 1. The molecule has 5 nitrogen and oxygen atoms in total. The monoisotopic (exact) mass is 330 g/mol. The third-order valence-corrected chi connectivity index (χ3v) is 5.17. The van der Waals surface area contributed by atoms with Gasteiger partial charge in [0.15, 0.2) is 0 Å². The molecule has 0 radical (unpaired) electrons. The number of hydrogen-bond donors (Lipinski definition) is 1. The number of thiophene rings is 1. The molecule has 1 amide bonds. The summed E-state index contributed by atoms with van der Waals surface area (Å²) in [6.07, 6.45) is 8.27. The van der Waals surface area contributed by atoms with Gasteiger partial charge in [-0.15, -0.1) is 11.3 Å². The van der Waals surface area contributed by atoms with Crippen molar-refractivity contribution < 1.29 is 14.3 Å². The Morgan fingerprint density at radius 2 is 2.09 bits per heavy atom. The van der Waals surface area contributed by atoms with Crippen molar-refractivity contribution in [1.29, 1.82) is 0 Å². The van der Waals surface area contributed by atoms with Crippen LogP contribution in [-0.2, 0) is 17.6 Å². The second-order valence-electron chi connectivity index (χ2n) is 5.46. The van der Waals surface area contributed by atoms with E-state index < -0.39 is 0 Å². The SMILES string of the molecule is COC(=O)c1c(NC(=O)c2cccnc2)sc2c1CCCCC2. The van der Waals surface area contributed by atoms with E-state index in [0.717, 1.165) is 31.2 Å². The Kier molecular flexibility index (Phi) is 4.71. The minimum Gasteiger partial charge on any atom is -0.465 e. The van der Waals surface area contributed by atoms with Crippen molar-refractivity contribution in [1.82, 2.24) is 4.98 Å². The largest absolute Gasteiger partial charge is 0.465 e. The Morgan fingerprint density at radius 1 is 1.26 bits per heavy atom. The van der Waals surface area contributed by atoms with Crippen LogP contribution in [0.5, 0.6) is 0 Å². The predicted octanol–water partition coefficient (Wildman–Crippen LogP) is 3.45. The smallest absolute Gasteiger partial charge is 0.341 e. The topological polar surface area (TPSA) is 68.3 Å². The van der Waals surface area contributed by atoms with Crippen LogP contribution in [0.25, 0.3) is 0 Å². The van der Waals surface area contributed by atoms with E-state index >= 15 is 0 Å². The van der Waals surface area contributed by atoms with Crippen LogP contribution in [0.2, 0.25) is 0 Å². The number of methoxy groups -OCH3 is 1. The maximum absolute atomic E-state index is 12.4. The standard InChI is InChI=1S/C17H18N2O3S/c1-22-17(21)14-12-7-3-2-4-8-13(12)23-16(14)19-15(20)11-6-5-9-18-10-11/h5-6,9-10H,2-4,7-8H2,1H3,(H,19,20). The zero-order valence-electron chi connectivity index (χ0n) is 12.9. The molecule has 2 aromatic rings. The van der Waals surface area contributed by atoms with Crippen molar-refractivity contribution in [2.24, 2.45) is 0 Å². The first-order valence-corrected chi connectivity index (χ1v) is 8.46. The third-order valence-electron chi connectivity index (χ3n) is 3.96. The fourth-order valence-electron chi connectivity index (χ4n) is 2.82. The summed E-state index contributed by atoms with van der Waals surface area (Å²) in [5, 5.41) is 3.44. The minimum absolute atomic E-state index is 0.264. The highest BCUT2D eigenvalue weighted by Crippen LogP contribution is 2.38. The van der Waals surface area contributed by atoms with E-state index in [2.05, 4.69) is 10.3 Å². The lowest BCUT2D eigenvalue weighted by molar-refractivity contribution is 0.0601. The van der Waals surface area contributed by atoms with Gasteiger partial charge < -0.3 is 10.1 Å². The van der Waals surface area contributed by atoms with E-state index in [1.165, 1.54) is 35.9 Å². The van der Waals surface area contributed by atoms with Crippen LogP contribution in [0, 0.1) is 0 Å². The highest BCUT2D eigenvalue weighted by Gasteiger charge is 2.26. The van der Waals surface area contributed by atoms with Gasteiger partial charge in [-0.25, -0.2) is 4.79 Å². The number of rotatable bonds is 3. The molecular formula is C17H18N2O3S. The number of aryl methyl sites for hydroxylation is 1. The summed E-state index contributed by atoms with van der Waals surface area (Å²) in [7, 11) is 1.37. The fourth-order valence-corrected chi connectivity index (χ4v) is 4.09. The molecule has 2 aromatic heterocycles. The second kappa shape index (κ2) is 6.91. The average molecular weight is 330 g/mol. The number of aromatic nitrogens is 1. The number of nitrogens with zero attached hydrogens (tertiary/aromatic N) is 1. The first-order chi connectivity index (χ1) is 11.2. The number of hydrogen-bond acceptors (Lipinski definition) is 5. The van der Waals surface area contributed by atoms with Crippen molar-refractivity contribution in [2.45, 2.75) is 32.1 Å².